The third-order valence-corrected chi connectivity index (χ3v) is 5.77. The van der Waals surface area contributed by atoms with Crippen LogP contribution in [-0.4, -0.2) is 18.3 Å². The Labute approximate surface area is 204 Å². The van der Waals surface area contributed by atoms with Crippen molar-refractivity contribution in [3.8, 4) is 5.75 Å². The number of benzene rings is 1. The highest BCUT2D eigenvalue weighted by Gasteiger charge is 2.16. The maximum Gasteiger partial charge on any atom is 0.412 e. The average Bonchev–Trinajstić information content (AvgIpc) is 2.75. The molecule has 0 saturated carbocycles. The number of rotatable bonds is 19. The number of amides is 1. The fourth-order valence-electron chi connectivity index (χ4n) is 3.90. The van der Waals surface area contributed by atoms with E-state index in [9.17, 15) is 4.79 Å². The summed E-state index contributed by atoms with van der Waals surface area (Å²) in [6.45, 7) is 8.58. The van der Waals surface area contributed by atoms with Crippen LogP contribution in [0.4, 0.5) is 10.5 Å². The third-order valence-electron chi connectivity index (χ3n) is 5.77. The average molecular weight is 462 g/mol. The Bertz CT molecular complexity index is 592. The van der Waals surface area contributed by atoms with E-state index in [4.69, 9.17) is 9.47 Å². The monoisotopic (exact) mass is 461 g/mol. The van der Waals surface area contributed by atoms with Gasteiger partial charge in [0.05, 0.1) is 6.61 Å². The van der Waals surface area contributed by atoms with E-state index in [1.807, 2.05) is 45.0 Å². The van der Waals surface area contributed by atoms with Crippen LogP contribution in [0.2, 0.25) is 0 Å². The molecule has 0 radical (unpaired) electrons. The molecule has 0 spiro atoms. The number of hydrogen-bond acceptors (Lipinski definition) is 3. The molecule has 33 heavy (non-hydrogen) atoms. The van der Waals surface area contributed by atoms with Gasteiger partial charge in [0.15, 0.2) is 0 Å². The molecule has 0 bridgehead atoms. The van der Waals surface area contributed by atoms with E-state index >= 15 is 0 Å². The zero-order chi connectivity index (χ0) is 24.2. The molecule has 0 atom stereocenters. The Balaban J connectivity index is 1.90. The zero-order valence-corrected chi connectivity index (χ0v) is 22.1. The normalized spacial score (nSPS) is 11.4. The molecule has 0 aliphatic heterocycles. The highest BCUT2D eigenvalue weighted by molar-refractivity contribution is 5.84. The van der Waals surface area contributed by atoms with Gasteiger partial charge in [-0.15, -0.1) is 0 Å². The summed E-state index contributed by atoms with van der Waals surface area (Å²) in [5.41, 5.74) is 0.207. The second-order valence-electron chi connectivity index (χ2n) is 10.3. The first-order valence-electron chi connectivity index (χ1n) is 13.6. The van der Waals surface area contributed by atoms with Gasteiger partial charge in [-0.05, 0) is 51.5 Å². The molecule has 0 heterocycles. The number of hydrogen-bond donors (Lipinski definition) is 1. The van der Waals surface area contributed by atoms with Crippen molar-refractivity contribution in [2.75, 3.05) is 11.9 Å². The molecule has 0 saturated heterocycles. The number of carbonyl (C=O) groups excluding carboxylic acids is 1. The highest BCUT2D eigenvalue weighted by Crippen LogP contribution is 2.18. The van der Waals surface area contributed by atoms with Gasteiger partial charge >= 0.3 is 6.09 Å². The number of unbranched alkanes of at least 4 members (excludes halogenated alkanes) is 15. The summed E-state index contributed by atoms with van der Waals surface area (Å²) in [6.07, 6.45) is 21.6. The van der Waals surface area contributed by atoms with Crippen LogP contribution < -0.4 is 10.1 Å². The Morgan fingerprint density at radius 2 is 1.12 bits per heavy atom. The molecule has 4 nitrogen and oxygen atoms in total. The molecule has 1 rings (SSSR count). The van der Waals surface area contributed by atoms with Crippen molar-refractivity contribution in [2.24, 2.45) is 0 Å². The van der Waals surface area contributed by atoms with Gasteiger partial charge in [0.25, 0.3) is 0 Å². The van der Waals surface area contributed by atoms with Gasteiger partial charge in [-0.1, -0.05) is 103 Å². The standard InChI is InChI=1S/C29H51NO3/c1-5-6-7-8-9-10-11-12-13-14-15-16-17-18-19-20-25-32-27-23-21-26(22-24-27)30-28(31)33-29(2,3)4/h21-24H,5-20,25H2,1-4H3,(H,30,31). The van der Waals surface area contributed by atoms with Crippen LogP contribution in [0.25, 0.3) is 0 Å². The molecule has 1 amide bonds. The van der Waals surface area contributed by atoms with Crippen LogP contribution in [0.15, 0.2) is 24.3 Å². The van der Waals surface area contributed by atoms with Gasteiger partial charge in [-0.3, -0.25) is 5.32 Å². The van der Waals surface area contributed by atoms with E-state index in [1.54, 1.807) is 0 Å². The number of ether oxygens (including phenoxy) is 2. The van der Waals surface area contributed by atoms with E-state index in [0.29, 0.717) is 5.69 Å². The lowest BCUT2D eigenvalue weighted by atomic mass is 10.0. The number of anilines is 1. The fourth-order valence-corrected chi connectivity index (χ4v) is 3.90. The van der Waals surface area contributed by atoms with Crippen LogP contribution in [0, 0.1) is 0 Å². The predicted octanol–water partition coefficient (Wildman–Crippen LogP) is 9.67. The summed E-state index contributed by atoms with van der Waals surface area (Å²) >= 11 is 0. The molecule has 0 unspecified atom stereocenters. The fraction of sp³-hybridized carbons (Fsp3) is 0.759. The Hall–Kier alpha value is -1.71. The van der Waals surface area contributed by atoms with Crippen molar-refractivity contribution in [1.82, 2.24) is 0 Å². The van der Waals surface area contributed by atoms with Gasteiger partial charge < -0.3 is 9.47 Å². The van der Waals surface area contributed by atoms with E-state index in [2.05, 4.69) is 12.2 Å². The minimum absolute atomic E-state index is 0.440. The third kappa shape index (κ3) is 18.4. The Morgan fingerprint density at radius 1 is 0.697 bits per heavy atom. The summed E-state index contributed by atoms with van der Waals surface area (Å²) in [5.74, 6) is 0.839. The molecule has 0 aliphatic carbocycles. The first-order chi connectivity index (χ1) is 15.9. The van der Waals surface area contributed by atoms with E-state index in [1.165, 1.54) is 96.3 Å². The van der Waals surface area contributed by atoms with Crippen LogP contribution >= 0.6 is 0 Å². The quantitative estimate of drug-likeness (QED) is 0.209. The van der Waals surface area contributed by atoms with Crippen molar-refractivity contribution in [1.29, 1.82) is 0 Å². The van der Waals surface area contributed by atoms with Crippen molar-refractivity contribution < 1.29 is 14.3 Å². The largest absolute Gasteiger partial charge is 0.494 e. The smallest absolute Gasteiger partial charge is 0.412 e. The number of carbonyl (C=O) groups is 1. The maximum absolute atomic E-state index is 11.8. The molecule has 0 aliphatic rings. The van der Waals surface area contributed by atoms with Crippen molar-refractivity contribution in [2.45, 2.75) is 136 Å². The lowest BCUT2D eigenvalue weighted by molar-refractivity contribution is 0.0636. The Kier molecular flexibility index (Phi) is 16.6. The predicted molar refractivity (Wildman–Crippen MR) is 141 cm³/mol. The van der Waals surface area contributed by atoms with Gasteiger partial charge in [-0.25, -0.2) is 4.79 Å². The second-order valence-corrected chi connectivity index (χ2v) is 10.3. The van der Waals surface area contributed by atoms with E-state index in [-0.39, 0.29) is 0 Å². The molecular weight excluding hydrogens is 410 g/mol. The first kappa shape index (κ1) is 29.3. The summed E-state index contributed by atoms with van der Waals surface area (Å²) < 4.78 is 11.1. The lowest BCUT2D eigenvalue weighted by Crippen LogP contribution is -2.27. The molecule has 1 aromatic carbocycles. The van der Waals surface area contributed by atoms with Crippen LogP contribution in [0.5, 0.6) is 5.75 Å². The summed E-state index contributed by atoms with van der Waals surface area (Å²) in [7, 11) is 0. The van der Waals surface area contributed by atoms with Crippen molar-refractivity contribution >= 4 is 11.8 Å². The van der Waals surface area contributed by atoms with Crippen LogP contribution in [-0.2, 0) is 4.74 Å². The molecule has 1 N–H and O–H groups in total. The minimum atomic E-state index is -0.500. The molecule has 0 aromatic heterocycles. The van der Waals surface area contributed by atoms with Gasteiger partial charge in [0.1, 0.15) is 11.4 Å². The van der Waals surface area contributed by atoms with E-state index in [0.717, 1.165) is 18.8 Å². The molecule has 1 aromatic rings. The van der Waals surface area contributed by atoms with Crippen molar-refractivity contribution in [3.63, 3.8) is 0 Å². The topological polar surface area (TPSA) is 47.6 Å². The molecule has 0 fully saturated rings. The van der Waals surface area contributed by atoms with E-state index < -0.39 is 11.7 Å². The molecule has 190 valence electrons. The maximum atomic E-state index is 11.8. The van der Waals surface area contributed by atoms with Gasteiger partial charge in [-0.2, -0.15) is 0 Å². The minimum Gasteiger partial charge on any atom is -0.494 e. The SMILES string of the molecule is CCCCCCCCCCCCCCCCCCOc1ccc(NC(=O)OC(C)(C)C)cc1. The first-order valence-corrected chi connectivity index (χ1v) is 13.6. The summed E-state index contributed by atoms with van der Waals surface area (Å²) in [4.78, 5) is 11.8. The molecule has 4 heteroatoms. The van der Waals surface area contributed by atoms with Gasteiger partial charge in [0, 0.05) is 5.69 Å². The van der Waals surface area contributed by atoms with Crippen molar-refractivity contribution in [3.05, 3.63) is 24.3 Å². The number of nitrogens with one attached hydrogen (secondary N) is 1. The lowest BCUT2D eigenvalue weighted by Gasteiger charge is -2.19. The molecular formula is C29H51NO3. The van der Waals surface area contributed by atoms with Crippen LogP contribution in [0.3, 0.4) is 0 Å². The second kappa shape index (κ2) is 18.7. The van der Waals surface area contributed by atoms with Crippen LogP contribution in [0.1, 0.15) is 130 Å². The van der Waals surface area contributed by atoms with Gasteiger partial charge in [0.2, 0.25) is 0 Å². The zero-order valence-electron chi connectivity index (χ0n) is 22.1. The summed E-state index contributed by atoms with van der Waals surface area (Å²) in [6, 6.07) is 7.46. The highest BCUT2D eigenvalue weighted by atomic mass is 16.6. The summed E-state index contributed by atoms with van der Waals surface area (Å²) in [5, 5.41) is 2.73. The Morgan fingerprint density at radius 3 is 1.55 bits per heavy atom.